The average Bonchev–Trinajstić information content (AvgIpc) is 2.81. The number of hydrogen-bond acceptors (Lipinski definition) is 3. The van der Waals surface area contributed by atoms with Crippen molar-refractivity contribution >= 4 is 37.6 Å². The van der Waals surface area contributed by atoms with Crippen LogP contribution in [0.25, 0.3) is 10.2 Å². The minimum atomic E-state index is 0.144. The maximum Gasteiger partial charge on any atom is 0.191 e. The van der Waals surface area contributed by atoms with Crippen molar-refractivity contribution in [2.45, 2.75) is 51.5 Å². The van der Waals surface area contributed by atoms with E-state index in [2.05, 4.69) is 48.1 Å². The highest BCUT2D eigenvalue weighted by atomic mass is 32.1. The average molecular weight is 302 g/mol. The van der Waals surface area contributed by atoms with Gasteiger partial charge < -0.3 is 0 Å². The van der Waals surface area contributed by atoms with Crippen LogP contribution in [0.3, 0.4) is 0 Å². The first-order valence-corrected chi connectivity index (χ1v) is 8.55. The van der Waals surface area contributed by atoms with E-state index in [9.17, 15) is 4.79 Å². The Morgan fingerprint density at radius 1 is 1.40 bits per heavy atom. The molecule has 2 aromatic rings. The van der Waals surface area contributed by atoms with Crippen LogP contribution in [-0.4, -0.2) is 21.0 Å². The zero-order valence-electron chi connectivity index (χ0n) is 12.3. The third-order valence-electron chi connectivity index (χ3n) is 3.39. The zero-order valence-corrected chi connectivity index (χ0v) is 14.1. The van der Waals surface area contributed by atoms with Crippen molar-refractivity contribution in [1.82, 2.24) is 4.98 Å². The minimum Gasteiger partial charge on any atom is -0.292 e. The van der Waals surface area contributed by atoms with Gasteiger partial charge in [0.25, 0.3) is 0 Å². The summed E-state index contributed by atoms with van der Waals surface area (Å²) in [5, 5.41) is 0.639. The third kappa shape index (κ3) is 3.55. The fraction of sp³-hybridized carbons (Fsp3) is 0.500. The largest absolute Gasteiger partial charge is 0.292 e. The Morgan fingerprint density at radius 3 is 2.80 bits per heavy atom. The van der Waals surface area contributed by atoms with Crippen LogP contribution in [0, 0.1) is 0 Å². The highest BCUT2D eigenvalue weighted by molar-refractivity contribution is 7.20. The summed E-state index contributed by atoms with van der Waals surface area (Å²) in [6, 6.07) is 6.28. The van der Waals surface area contributed by atoms with Crippen LogP contribution >= 0.6 is 11.3 Å². The molecule has 0 aliphatic heterocycles. The Kier molecular flexibility index (Phi) is 5.10. The Balaban J connectivity index is 2.21. The second kappa shape index (κ2) is 6.63. The highest BCUT2D eigenvalue weighted by Crippen LogP contribution is 2.28. The lowest BCUT2D eigenvalue weighted by atomic mass is 10.0. The van der Waals surface area contributed by atoms with E-state index in [1.54, 1.807) is 0 Å². The molecule has 0 N–H and O–H groups in total. The summed E-state index contributed by atoms with van der Waals surface area (Å²) in [5.74, 6) is 0.641. The van der Waals surface area contributed by atoms with Gasteiger partial charge in [-0.3, -0.25) is 4.79 Å². The number of aromatic nitrogens is 1. The third-order valence-corrected chi connectivity index (χ3v) is 4.94. The summed E-state index contributed by atoms with van der Waals surface area (Å²) in [6.45, 7) is 6.48. The molecule has 0 aliphatic carbocycles. The lowest BCUT2D eigenvalue weighted by Gasteiger charge is -2.06. The van der Waals surface area contributed by atoms with Gasteiger partial charge in [0.2, 0.25) is 0 Å². The number of thiazole rings is 1. The SMILES string of the molecule is CCCC([Si])CC(=O)c1nc2ccc(C(C)C)cc2s1. The van der Waals surface area contributed by atoms with Crippen LogP contribution < -0.4 is 0 Å². The molecule has 1 heterocycles. The van der Waals surface area contributed by atoms with Gasteiger partial charge in [-0.1, -0.05) is 39.7 Å². The topological polar surface area (TPSA) is 30.0 Å². The van der Waals surface area contributed by atoms with Crippen molar-refractivity contribution in [3.05, 3.63) is 28.8 Å². The number of hydrogen-bond donors (Lipinski definition) is 0. The van der Waals surface area contributed by atoms with Gasteiger partial charge in [0.1, 0.15) is 0 Å². The molecule has 4 heteroatoms. The summed E-state index contributed by atoms with van der Waals surface area (Å²) in [5.41, 5.74) is 2.48. The van der Waals surface area contributed by atoms with Gasteiger partial charge in [0.05, 0.1) is 10.2 Å². The maximum atomic E-state index is 12.2. The molecule has 0 spiro atoms. The van der Waals surface area contributed by atoms with E-state index in [4.69, 9.17) is 0 Å². The molecule has 20 heavy (non-hydrogen) atoms. The molecule has 0 aliphatic rings. The molecule has 1 aromatic carbocycles. The number of carbonyl (C=O) groups is 1. The predicted octanol–water partition coefficient (Wildman–Crippen LogP) is 4.75. The predicted molar refractivity (Wildman–Crippen MR) is 87.1 cm³/mol. The van der Waals surface area contributed by atoms with Gasteiger partial charge in [0.15, 0.2) is 10.8 Å². The smallest absolute Gasteiger partial charge is 0.191 e. The number of rotatable bonds is 6. The molecular formula is C16H20NOSSi. The first kappa shape index (κ1) is 15.4. The second-order valence-corrected chi connectivity index (χ2v) is 7.36. The van der Waals surface area contributed by atoms with Crippen LogP contribution in [0.5, 0.6) is 0 Å². The van der Waals surface area contributed by atoms with E-state index >= 15 is 0 Å². The van der Waals surface area contributed by atoms with E-state index in [-0.39, 0.29) is 11.3 Å². The van der Waals surface area contributed by atoms with Crippen LogP contribution in [-0.2, 0) is 0 Å². The fourth-order valence-corrected chi connectivity index (χ4v) is 3.62. The normalized spacial score (nSPS) is 13.1. The summed E-state index contributed by atoms with van der Waals surface area (Å²) >= 11 is 1.51. The Hall–Kier alpha value is -1.00. The molecule has 1 atom stereocenters. The number of benzene rings is 1. The number of carbonyl (C=O) groups excluding carboxylic acids is 1. The van der Waals surface area contributed by atoms with E-state index in [1.807, 2.05) is 6.07 Å². The molecule has 0 saturated carbocycles. The summed E-state index contributed by atoms with van der Waals surface area (Å²) < 4.78 is 1.11. The van der Waals surface area contributed by atoms with E-state index in [0.717, 1.165) is 23.1 Å². The van der Waals surface area contributed by atoms with Crippen molar-refractivity contribution in [2.24, 2.45) is 0 Å². The van der Waals surface area contributed by atoms with Gasteiger partial charge >= 0.3 is 0 Å². The molecule has 2 nitrogen and oxygen atoms in total. The molecule has 0 bridgehead atoms. The Labute approximate surface area is 128 Å². The molecule has 0 saturated heterocycles. The number of Topliss-reactive ketones (excluding diaryl/α,β-unsaturated/α-hetero) is 1. The summed E-state index contributed by atoms with van der Waals surface area (Å²) in [6.07, 6.45) is 2.63. The van der Waals surface area contributed by atoms with Gasteiger partial charge in [-0.25, -0.2) is 4.98 Å². The zero-order chi connectivity index (χ0) is 14.7. The van der Waals surface area contributed by atoms with Crippen LogP contribution in [0.4, 0.5) is 0 Å². The van der Waals surface area contributed by atoms with Gasteiger partial charge in [-0.05, 0) is 29.2 Å². The molecule has 0 amide bonds. The van der Waals surface area contributed by atoms with E-state index < -0.39 is 0 Å². The first-order valence-electron chi connectivity index (χ1n) is 7.16. The van der Waals surface area contributed by atoms with Crippen molar-refractivity contribution in [3.63, 3.8) is 0 Å². The second-order valence-electron chi connectivity index (χ2n) is 5.51. The summed E-state index contributed by atoms with van der Waals surface area (Å²) in [7, 11) is 3.62. The number of ketones is 1. The molecule has 105 valence electrons. The van der Waals surface area contributed by atoms with E-state index in [1.165, 1.54) is 16.9 Å². The van der Waals surface area contributed by atoms with Crippen LogP contribution in [0.1, 0.15) is 61.3 Å². The maximum absolute atomic E-state index is 12.2. The van der Waals surface area contributed by atoms with E-state index in [0.29, 0.717) is 17.3 Å². The number of nitrogens with zero attached hydrogens (tertiary/aromatic N) is 1. The lowest BCUT2D eigenvalue weighted by molar-refractivity contribution is 0.0979. The Morgan fingerprint density at radius 2 is 2.15 bits per heavy atom. The first-order chi connectivity index (χ1) is 9.51. The van der Waals surface area contributed by atoms with Crippen molar-refractivity contribution in [2.75, 3.05) is 0 Å². The van der Waals surface area contributed by atoms with Gasteiger partial charge in [0, 0.05) is 16.7 Å². The van der Waals surface area contributed by atoms with Crippen LogP contribution in [0.15, 0.2) is 18.2 Å². The molecule has 0 fully saturated rings. The van der Waals surface area contributed by atoms with Gasteiger partial charge in [-0.2, -0.15) is 0 Å². The van der Waals surface area contributed by atoms with Gasteiger partial charge in [-0.15, -0.1) is 11.3 Å². The standard InChI is InChI=1S/C16H20NOSSi/c1-4-5-12(20)9-14(18)16-17-13-7-6-11(10(2)3)8-15(13)19-16/h6-8,10,12H,4-5,9H2,1-3H3. The van der Waals surface area contributed by atoms with Crippen molar-refractivity contribution in [1.29, 1.82) is 0 Å². The monoisotopic (exact) mass is 302 g/mol. The minimum absolute atomic E-state index is 0.144. The fourth-order valence-electron chi connectivity index (χ4n) is 2.18. The quantitative estimate of drug-likeness (QED) is 0.569. The molecular weight excluding hydrogens is 282 g/mol. The molecule has 1 unspecified atom stereocenters. The lowest BCUT2D eigenvalue weighted by Crippen LogP contribution is -2.04. The van der Waals surface area contributed by atoms with Crippen molar-refractivity contribution < 1.29 is 4.79 Å². The number of fused-ring (bicyclic) bond motifs is 1. The summed E-state index contributed by atoms with van der Waals surface area (Å²) in [4.78, 5) is 16.7. The molecule has 3 radical (unpaired) electrons. The van der Waals surface area contributed by atoms with Crippen LogP contribution in [0.2, 0.25) is 5.54 Å². The molecule has 1 aromatic heterocycles. The Bertz CT molecular complexity index is 606. The highest BCUT2D eigenvalue weighted by Gasteiger charge is 2.15. The molecule has 2 rings (SSSR count). The van der Waals surface area contributed by atoms with Crippen molar-refractivity contribution in [3.8, 4) is 0 Å².